The summed E-state index contributed by atoms with van der Waals surface area (Å²) in [6.45, 7) is 0. The molecule has 0 spiro atoms. The zero-order valence-electron chi connectivity index (χ0n) is 26.4. The molecule has 48 heavy (non-hydrogen) atoms. The normalized spacial score (nSPS) is 12.3. The number of hydrogen-bond acceptors (Lipinski definition) is 6. The van der Waals surface area contributed by atoms with Gasteiger partial charge in [-0.05, 0) is 40.5 Å². The second kappa shape index (κ2) is 14.4. The Morgan fingerprint density at radius 1 is 0.625 bits per heavy atom. The molecule has 4 N–H and O–H groups in total. The zero-order valence-corrected chi connectivity index (χ0v) is 27.2. The summed E-state index contributed by atoms with van der Waals surface area (Å²) < 4.78 is 10.2. The van der Waals surface area contributed by atoms with Crippen LogP contribution in [0.15, 0.2) is 109 Å². The van der Waals surface area contributed by atoms with Gasteiger partial charge in [-0.1, -0.05) is 91.1 Å². The van der Waals surface area contributed by atoms with Gasteiger partial charge in [0, 0.05) is 58.2 Å². The molecule has 242 valence electrons. The van der Waals surface area contributed by atoms with Crippen LogP contribution in [-0.2, 0) is 31.9 Å². The van der Waals surface area contributed by atoms with Gasteiger partial charge in [0.25, 0.3) is 5.91 Å². The average Bonchev–Trinajstić information content (AvgIpc) is 3.74. The lowest BCUT2D eigenvalue weighted by atomic mass is 9.94. The number of para-hydroxylation sites is 2. The Morgan fingerprint density at radius 2 is 1.06 bits per heavy atom. The van der Waals surface area contributed by atoms with Crippen LogP contribution in [0.5, 0.6) is 0 Å². The molecule has 0 saturated heterocycles. The van der Waals surface area contributed by atoms with E-state index in [2.05, 4.69) is 20.6 Å². The predicted molar refractivity (Wildman–Crippen MR) is 190 cm³/mol. The number of rotatable bonds is 11. The van der Waals surface area contributed by atoms with Gasteiger partial charge < -0.3 is 30.1 Å². The first kappa shape index (κ1) is 32.2. The van der Waals surface area contributed by atoms with Crippen LogP contribution in [0.1, 0.15) is 27.0 Å². The number of carbonyl (C=O) groups excluding carboxylic acids is 3. The van der Waals surface area contributed by atoms with E-state index in [0.717, 1.165) is 32.9 Å². The van der Waals surface area contributed by atoms with Crippen molar-refractivity contribution in [2.75, 3.05) is 14.2 Å². The number of carbonyl (C=O) groups is 3. The number of methoxy groups -OCH3 is 2. The van der Waals surface area contributed by atoms with E-state index in [1.807, 2.05) is 97.3 Å². The second-order valence-corrected chi connectivity index (χ2v) is 11.7. The van der Waals surface area contributed by atoms with Crippen molar-refractivity contribution in [1.82, 2.24) is 20.6 Å². The lowest BCUT2D eigenvalue weighted by molar-refractivity contribution is -0.143. The van der Waals surface area contributed by atoms with Gasteiger partial charge in [0.15, 0.2) is 0 Å². The number of H-pyrrole nitrogens is 2. The third kappa shape index (κ3) is 6.70. The molecule has 2 aromatic heterocycles. The molecule has 0 fully saturated rings. The number of fused-ring (bicyclic) bond motifs is 2. The number of thiocarbonyl (C=S) groups is 1. The van der Waals surface area contributed by atoms with E-state index in [4.69, 9.17) is 21.7 Å². The lowest BCUT2D eigenvalue weighted by Crippen LogP contribution is -2.43. The fraction of sp³-hybridized carbons (Fsp3) is 0.158. The second-order valence-electron chi connectivity index (χ2n) is 11.3. The Balaban J connectivity index is 1.27. The highest BCUT2D eigenvalue weighted by Crippen LogP contribution is 2.29. The Morgan fingerprint density at radius 3 is 1.60 bits per heavy atom. The van der Waals surface area contributed by atoms with Gasteiger partial charge in [-0.25, -0.2) is 9.59 Å². The number of aromatic nitrogens is 2. The van der Waals surface area contributed by atoms with Crippen LogP contribution in [0.3, 0.4) is 0 Å². The maximum absolute atomic E-state index is 13.9. The van der Waals surface area contributed by atoms with Crippen molar-refractivity contribution in [1.29, 1.82) is 0 Å². The van der Waals surface area contributed by atoms with E-state index < -0.39 is 29.9 Å². The maximum Gasteiger partial charge on any atom is 0.328 e. The van der Waals surface area contributed by atoms with Gasteiger partial charge in [-0.2, -0.15) is 0 Å². The summed E-state index contributed by atoms with van der Waals surface area (Å²) in [5.41, 5.74) is 6.00. The predicted octanol–water partition coefficient (Wildman–Crippen LogP) is 5.88. The molecule has 0 radical (unpaired) electrons. The Hall–Kier alpha value is -5.74. The topological polar surface area (TPSA) is 125 Å². The molecule has 0 aliphatic rings. The molecule has 6 rings (SSSR count). The van der Waals surface area contributed by atoms with E-state index in [1.54, 1.807) is 12.1 Å². The largest absolute Gasteiger partial charge is 0.467 e. The van der Waals surface area contributed by atoms with Gasteiger partial charge in [0.2, 0.25) is 0 Å². The van der Waals surface area contributed by atoms with Crippen LogP contribution in [0.4, 0.5) is 0 Å². The smallest absolute Gasteiger partial charge is 0.328 e. The molecule has 0 aliphatic carbocycles. The molecule has 2 atom stereocenters. The summed E-state index contributed by atoms with van der Waals surface area (Å²) in [4.78, 5) is 46.5. The molecule has 9 nitrogen and oxygen atoms in total. The van der Waals surface area contributed by atoms with Gasteiger partial charge in [0.1, 0.15) is 17.1 Å². The SMILES string of the molecule is COC(=O)[C@H](Cc1c[nH]c2ccccc12)NC(=O)c1ccccc1-c1ccccc1C(=S)N[C@@H](Cc1c[nH]c2ccccc12)C(=O)OC. The zero-order chi connectivity index (χ0) is 33.6. The number of aromatic amines is 2. The molecule has 2 heterocycles. The standard InChI is InChI=1S/C38H34N4O5S/c1-46-37(44)33(19-23-21-39-31-17-9-7-11-25(23)31)41-35(43)29-15-5-3-13-27(29)28-14-4-6-16-30(28)36(48)42-34(38(45)47-2)20-24-22-40-32-18-10-8-12-26(24)32/h3-18,21-22,33-34,39-40H,19-20H2,1-2H3,(H,41,43)(H,42,48)/t33-,34-/m0/s1. The highest BCUT2D eigenvalue weighted by molar-refractivity contribution is 7.80. The molecule has 10 heteroatoms. The summed E-state index contributed by atoms with van der Waals surface area (Å²) in [5, 5.41) is 8.09. The first-order chi connectivity index (χ1) is 23.4. The van der Waals surface area contributed by atoms with E-state index >= 15 is 0 Å². The molecular weight excluding hydrogens is 625 g/mol. The Labute approximate surface area is 282 Å². The quantitative estimate of drug-likeness (QED) is 0.101. The number of benzene rings is 4. The van der Waals surface area contributed by atoms with Crippen LogP contribution >= 0.6 is 12.2 Å². The number of ether oxygens (including phenoxy) is 2. The number of hydrogen-bond donors (Lipinski definition) is 4. The molecule has 0 aliphatic heterocycles. The summed E-state index contributed by atoms with van der Waals surface area (Å²) >= 11 is 5.88. The van der Waals surface area contributed by atoms with E-state index in [0.29, 0.717) is 33.7 Å². The molecule has 6 aromatic rings. The van der Waals surface area contributed by atoms with Crippen molar-refractivity contribution in [2.24, 2.45) is 0 Å². The number of esters is 2. The van der Waals surface area contributed by atoms with Crippen LogP contribution in [-0.4, -0.2) is 59.1 Å². The first-order valence-electron chi connectivity index (χ1n) is 15.4. The van der Waals surface area contributed by atoms with Gasteiger partial charge in [-0.3, -0.25) is 4.79 Å². The van der Waals surface area contributed by atoms with Crippen molar-refractivity contribution in [3.05, 3.63) is 132 Å². The fourth-order valence-corrected chi connectivity index (χ4v) is 6.34. The summed E-state index contributed by atoms with van der Waals surface area (Å²) in [6, 6.07) is 28.5. The molecule has 4 aromatic carbocycles. The van der Waals surface area contributed by atoms with Crippen molar-refractivity contribution in [3.8, 4) is 11.1 Å². The summed E-state index contributed by atoms with van der Waals surface area (Å²) in [7, 11) is 2.65. The van der Waals surface area contributed by atoms with E-state index in [9.17, 15) is 14.4 Å². The monoisotopic (exact) mass is 658 g/mol. The fourth-order valence-electron chi connectivity index (χ4n) is 6.02. The van der Waals surface area contributed by atoms with Crippen molar-refractivity contribution < 1.29 is 23.9 Å². The van der Waals surface area contributed by atoms with Crippen LogP contribution < -0.4 is 10.6 Å². The molecule has 0 saturated carbocycles. The maximum atomic E-state index is 13.9. The van der Waals surface area contributed by atoms with Crippen LogP contribution in [0, 0.1) is 0 Å². The van der Waals surface area contributed by atoms with Crippen LogP contribution in [0.2, 0.25) is 0 Å². The highest BCUT2D eigenvalue weighted by Gasteiger charge is 2.27. The van der Waals surface area contributed by atoms with Gasteiger partial charge in [0.05, 0.1) is 14.2 Å². The average molecular weight is 659 g/mol. The summed E-state index contributed by atoms with van der Waals surface area (Å²) in [6.07, 6.45) is 4.29. The molecule has 0 unspecified atom stereocenters. The Bertz CT molecular complexity index is 1980. The highest BCUT2D eigenvalue weighted by atomic mass is 32.1. The minimum Gasteiger partial charge on any atom is -0.467 e. The molecule has 0 bridgehead atoms. The van der Waals surface area contributed by atoms with Gasteiger partial charge in [-0.15, -0.1) is 0 Å². The number of nitrogens with one attached hydrogen (secondary N) is 4. The van der Waals surface area contributed by atoms with Crippen molar-refractivity contribution in [2.45, 2.75) is 24.9 Å². The lowest BCUT2D eigenvalue weighted by Gasteiger charge is -2.21. The van der Waals surface area contributed by atoms with Gasteiger partial charge >= 0.3 is 11.9 Å². The third-order valence-corrected chi connectivity index (χ3v) is 8.75. The third-order valence-electron chi connectivity index (χ3n) is 8.41. The first-order valence-corrected chi connectivity index (χ1v) is 15.8. The summed E-state index contributed by atoms with van der Waals surface area (Å²) in [5.74, 6) is -1.45. The number of amides is 1. The van der Waals surface area contributed by atoms with E-state index in [1.165, 1.54) is 14.2 Å². The van der Waals surface area contributed by atoms with Crippen molar-refractivity contribution >= 4 is 56.9 Å². The Kier molecular flexibility index (Phi) is 9.63. The van der Waals surface area contributed by atoms with Crippen LogP contribution in [0.25, 0.3) is 32.9 Å². The minimum atomic E-state index is -0.932. The molecular formula is C38H34N4O5S. The van der Waals surface area contributed by atoms with Crippen molar-refractivity contribution in [3.63, 3.8) is 0 Å². The molecule has 1 amide bonds. The van der Waals surface area contributed by atoms with E-state index in [-0.39, 0.29) is 6.42 Å². The minimum absolute atomic E-state index is 0.237.